The van der Waals surface area contributed by atoms with E-state index in [1.54, 1.807) is 26.8 Å². The first-order valence-electron chi connectivity index (χ1n) is 6.77. The number of nitro benzene ring substituents is 1. The minimum atomic E-state index is -3.89. The lowest BCUT2D eigenvalue weighted by Crippen LogP contribution is -2.27. The number of nitrogens with zero attached hydrogens (tertiary/aromatic N) is 3. The van der Waals surface area contributed by atoms with Crippen LogP contribution in [0.2, 0.25) is 0 Å². The highest BCUT2D eigenvalue weighted by atomic mass is 32.2. The molecule has 0 aliphatic carbocycles. The van der Waals surface area contributed by atoms with Gasteiger partial charge in [0, 0.05) is 25.2 Å². The highest BCUT2D eigenvalue weighted by Crippen LogP contribution is 2.27. The van der Waals surface area contributed by atoms with Crippen LogP contribution in [0.5, 0.6) is 0 Å². The Morgan fingerprint density at radius 1 is 1.26 bits per heavy atom. The maximum atomic E-state index is 12.7. The van der Waals surface area contributed by atoms with Gasteiger partial charge in [-0.2, -0.15) is 4.31 Å². The van der Waals surface area contributed by atoms with Crippen molar-refractivity contribution in [3.63, 3.8) is 0 Å². The molecule has 0 aliphatic heterocycles. The molecule has 0 atom stereocenters. The monoisotopic (exact) mass is 339 g/mol. The van der Waals surface area contributed by atoms with Crippen molar-refractivity contribution in [2.75, 3.05) is 7.05 Å². The van der Waals surface area contributed by atoms with Gasteiger partial charge in [-0.15, -0.1) is 0 Å². The SMILES string of the molecule is Cc1cc(CN(C)S(=O)(=O)c2cc([N+](=O)[O-])cc(C)c2C)no1. The van der Waals surface area contributed by atoms with Gasteiger partial charge in [0.2, 0.25) is 10.0 Å². The third kappa shape index (κ3) is 3.40. The molecule has 0 bridgehead atoms. The Labute approximate surface area is 133 Å². The van der Waals surface area contributed by atoms with Gasteiger partial charge in [-0.25, -0.2) is 8.42 Å². The summed E-state index contributed by atoms with van der Waals surface area (Å²) in [6, 6.07) is 4.08. The molecule has 1 aromatic carbocycles. The van der Waals surface area contributed by atoms with Gasteiger partial charge in [0.05, 0.1) is 22.1 Å². The van der Waals surface area contributed by atoms with Crippen LogP contribution in [0.1, 0.15) is 22.6 Å². The normalized spacial score (nSPS) is 11.9. The van der Waals surface area contributed by atoms with E-state index in [2.05, 4.69) is 5.16 Å². The highest BCUT2D eigenvalue weighted by molar-refractivity contribution is 7.89. The Morgan fingerprint density at radius 3 is 2.43 bits per heavy atom. The second-order valence-electron chi connectivity index (χ2n) is 5.33. The fourth-order valence-corrected chi connectivity index (χ4v) is 3.61. The molecular formula is C14H17N3O5S. The van der Waals surface area contributed by atoms with E-state index in [1.165, 1.54) is 13.1 Å². The van der Waals surface area contributed by atoms with E-state index in [0.29, 0.717) is 22.6 Å². The van der Waals surface area contributed by atoms with Crippen LogP contribution in [0, 0.1) is 30.9 Å². The number of non-ortho nitro benzene ring substituents is 1. The lowest BCUT2D eigenvalue weighted by atomic mass is 10.1. The van der Waals surface area contributed by atoms with Crippen LogP contribution in [-0.2, 0) is 16.6 Å². The standard InChI is InChI=1S/C14H17N3O5S/c1-9-5-13(17(18)19)7-14(11(9)3)23(20,21)16(4)8-12-6-10(2)22-15-12/h5-7H,8H2,1-4H3. The number of benzene rings is 1. The Hall–Kier alpha value is -2.26. The van der Waals surface area contributed by atoms with Gasteiger partial charge < -0.3 is 4.52 Å². The topological polar surface area (TPSA) is 107 Å². The number of hydrogen-bond acceptors (Lipinski definition) is 6. The van der Waals surface area contributed by atoms with Crippen LogP contribution >= 0.6 is 0 Å². The van der Waals surface area contributed by atoms with Crippen LogP contribution in [0.15, 0.2) is 27.6 Å². The van der Waals surface area contributed by atoms with Crippen LogP contribution in [0.4, 0.5) is 5.69 Å². The lowest BCUT2D eigenvalue weighted by molar-refractivity contribution is -0.385. The van der Waals surface area contributed by atoms with E-state index < -0.39 is 14.9 Å². The third-order valence-electron chi connectivity index (χ3n) is 3.56. The molecule has 124 valence electrons. The number of aryl methyl sites for hydroxylation is 2. The molecule has 0 saturated carbocycles. The summed E-state index contributed by atoms with van der Waals surface area (Å²) in [7, 11) is -2.49. The zero-order chi connectivity index (χ0) is 17.4. The molecule has 1 aromatic heterocycles. The van der Waals surface area contributed by atoms with E-state index in [1.807, 2.05) is 0 Å². The van der Waals surface area contributed by atoms with E-state index in [0.717, 1.165) is 10.4 Å². The molecule has 0 saturated heterocycles. The summed E-state index contributed by atoms with van der Waals surface area (Å²) in [5, 5.41) is 14.7. The Morgan fingerprint density at radius 2 is 1.91 bits per heavy atom. The van der Waals surface area contributed by atoms with Gasteiger partial charge in [0.25, 0.3) is 5.69 Å². The fraction of sp³-hybridized carbons (Fsp3) is 0.357. The van der Waals surface area contributed by atoms with E-state index in [-0.39, 0.29) is 17.1 Å². The van der Waals surface area contributed by atoms with Gasteiger partial charge in [-0.1, -0.05) is 5.16 Å². The maximum absolute atomic E-state index is 12.7. The number of rotatable bonds is 5. The molecular weight excluding hydrogens is 322 g/mol. The Bertz CT molecular complexity index is 857. The molecule has 0 unspecified atom stereocenters. The molecule has 0 amide bonds. The van der Waals surface area contributed by atoms with Crippen LogP contribution in [0.3, 0.4) is 0 Å². The minimum absolute atomic E-state index is 0.0147. The predicted molar refractivity (Wildman–Crippen MR) is 82.5 cm³/mol. The third-order valence-corrected chi connectivity index (χ3v) is 5.49. The summed E-state index contributed by atoms with van der Waals surface area (Å²) in [6.45, 7) is 4.99. The number of hydrogen-bond donors (Lipinski definition) is 0. The Balaban J connectivity index is 2.44. The van der Waals surface area contributed by atoms with Crippen molar-refractivity contribution < 1.29 is 17.9 Å². The van der Waals surface area contributed by atoms with Crippen molar-refractivity contribution in [2.24, 2.45) is 0 Å². The first-order valence-corrected chi connectivity index (χ1v) is 8.21. The molecule has 0 fully saturated rings. The Kier molecular flexibility index (Phi) is 4.53. The van der Waals surface area contributed by atoms with Gasteiger partial charge in [0.15, 0.2) is 0 Å². The van der Waals surface area contributed by atoms with Crippen LogP contribution in [0.25, 0.3) is 0 Å². The molecule has 0 aliphatic rings. The number of aromatic nitrogens is 1. The smallest absolute Gasteiger partial charge is 0.271 e. The van der Waals surface area contributed by atoms with Crippen molar-refractivity contribution in [2.45, 2.75) is 32.2 Å². The summed E-state index contributed by atoms with van der Waals surface area (Å²) in [4.78, 5) is 10.3. The second-order valence-corrected chi connectivity index (χ2v) is 7.35. The second kappa shape index (κ2) is 6.09. The molecule has 0 radical (unpaired) electrons. The van der Waals surface area contributed by atoms with Gasteiger partial charge in [0.1, 0.15) is 5.76 Å². The summed E-state index contributed by atoms with van der Waals surface area (Å²) in [5.41, 5.74) is 1.24. The summed E-state index contributed by atoms with van der Waals surface area (Å²) >= 11 is 0. The number of sulfonamides is 1. The number of nitro groups is 1. The quantitative estimate of drug-likeness (QED) is 0.611. The van der Waals surface area contributed by atoms with Crippen molar-refractivity contribution in [1.29, 1.82) is 0 Å². The zero-order valence-electron chi connectivity index (χ0n) is 13.2. The largest absolute Gasteiger partial charge is 0.361 e. The summed E-state index contributed by atoms with van der Waals surface area (Å²) in [5.74, 6) is 0.577. The van der Waals surface area contributed by atoms with E-state index >= 15 is 0 Å². The van der Waals surface area contributed by atoms with Crippen molar-refractivity contribution in [3.05, 3.63) is 50.9 Å². The lowest BCUT2D eigenvalue weighted by Gasteiger charge is -2.18. The van der Waals surface area contributed by atoms with Crippen LogP contribution < -0.4 is 0 Å². The zero-order valence-corrected chi connectivity index (χ0v) is 14.0. The maximum Gasteiger partial charge on any atom is 0.271 e. The molecule has 1 heterocycles. The van der Waals surface area contributed by atoms with Gasteiger partial charge in [-0.05, 0) is 31.9 Å². The van der Waals surface area contributed by atoms with Crippen molar-refractivity contribution in [1.82, 2.24) is 9.46 Å². The average molecular weight is 339 g/mol. The molecule has 2 aromatic rings. The van der Waals surface area contributed by atoms with Crippen molar-refractivity contribution in [3.8, 4) is 0 Å². The van der Waals surface area contributed by atoms with Crippen LogP contribution in [-0.4, -0.2) is 29.9 Å². The molecule has 0 N–H and O–H groups in total. The molecule has 0 spiro atoms. The van der Waals surface area contributed by atoms with Gasteiger partial charge >= 0.3 is 0 Å². The van der Waals surface area contributed by atoms with Crippen molar-refractivity contribution >= 4 is 15.7 Å². The molecule has 2 rings (SSSR count). The first-order chi connectivity index (χ1) is 10.6. The summed E-state index contributed by atoms with van der Waals surface area (Å²) < 4.78 is 31.5. The first kappa shape index (κ1) is 17.1. The fourth-order valence-electron chi connectivity index (χ4n) is 2.16. The summed E-state index contributed by atoms with van der Waals surface area (Å²) in [6.07, 6.45) is 0. The minimum Gasteiger partial charge on any atom is -0.361 e. The van der Waals surface area contributed by atoms with E-state index in [4.69, 9.17) is 4.52 Å². The average Bonchev–Trinajstić information content (AvgIpc) is 2.86. The molecule has 23 heavy (non-hydrogen) atoms. The predicted octanol–water partition coefficient (Wildman–Crippen LogP) is 2.33. The molecule has 9 heteroatoms. The van der Waals surface area contributed by atoms with Gasteiger partial charge in [-0.3, -0.25) is 10.1 Å². The molecule has 8 nitrogen and oxygen atoms in total. The van der Waals surface area contributed by atoms with E-state index in [9.17, 15) is 18.5 Å². The highest BCUT2D eigenvalue weighted by Gasteiger charge is 2.27.